The molecule has 0 bridgehead atoms. The monoisotopic (exact) mass is 710 g/mol. The summed E-state index contributed by atoms with van der Waals surface area (Å²) in [6, 6.07) is 18.4. The molecule has 274 valence electrons. The Hall–Kier alpha value is -3.66. The minimum atomic E-state index is -1.15. The van der Waals surface area contributed by atoms with Gasteiger partial charge < -0.3 is 23.7 Å². The molecule has 1 aliphatic heterocycles. The second-order valence-electron chi connectivity index (χ2n) is 16.9. The van der Waals surface area contributed by atoms with Crippen molar-refractivity contribution >= 4 is 30.8 Å². The SMILES string of the molecule is CC(C)c1cccc2c1CCCCC2N1CCN(c2ccc(C(=O)OC(C)(C)C)c(Oc3cnc4c(ccn4COCC[Si](C)(C)C)c3)c2)CC1. The van der Waals surface area contributed by atoms with E-state index in [1.165, 1.54) is 31.2 Å². The summed E-state index contributed by atoms with van der Waals surface area (Å²) in [6.07, 6.45) is 8.65. The van der Waals surface area contributed by atoms with Crippen LogP contribution < -0.4 is 9.64 Å². The molecule has 1 fully saturated rings. The first-order valence-corrected chi connectivity index (χ1v) is 22.6. The first-order valence-electron chi connectivity index (χ1n) is 18.9. The number of fused-ring (bicyclic) bond motifs is 2. The molecule has 6 rings (SSSR count). The summed E-state index contributed by atoms with van der Waals surface area (Å²) < 4.78 is 20.3. The van der Waals surface area contributed by atoms with Crippen molar-refractivity contribution in [1.29, 1.82) is 0 Å². The fraction of sp³-hybridized carbons (Fsp3) is 0.524. The molecule has 1 saturated heterocycles. The Morgan fingerprint density at radius 3 is 2.51 bits per heavy atom. The number of nitrogens with zero attached hydrogens (tertiary/aromatic N) is 4. The van der Waals surface area contributed by atoms with E-state index in [0.717, 1.165) is 55.6 Å². The zero-order valence-electron chi connectivity index (χ0n) is 32.1. The third-order valence-corrected chi connectivity index (χ3v) is 11.8. The molecule has 0 spiro atoms. The maximum atomic E-state index is 13.4. The first-order chi connectivity index (χ1) is 24.3. The molecule has 2 aromatic carbocycles. The van der Waals surface area contributed by atoms with Gasteiger partial charge in [0.15, 0.2) is 0 Å². The van der Waals surface area contributed by atoms with Crippen molar-refractivity contribution in [3.8, 4) is 11.5 Å². The summed E-state index contributed by atoms with van der Waals surface area (Å²) in [5.74, 6) is 1.17. The summed E-state index contributed by atoms with van der Waals surface area (Å²) in [4.78, 5) is 23.3. The van der Waals surface area contributed by atoms with Gasteiger partial charge in [0, 0.05) is 70.2 Å². The van der Waals surface area contributed by atoms with Gasteiger partial charge in [0.2, 0.25) is 0 Å². The third-order valence-electron chi connectivity index (χ3n) is 10.1. The van der Waals surface area contributed by atoms with Crippen LogP contribution >= 0.6 is 0 Å². The van der Waals surface area contributed by atoms with E-state index in [1.807, 2.05) is 61.9 Å². The Balaban J connectivity index is 1.19. The lowest BCUT2D eigenvalue weighted by atomic mass is 9.88. The van der Waals surface area contributed by atoms with Crippen molar-refractivity contribution in [2.75, 3.05) is 37.7 Å². The molecule has 1 unspecified atom stereocenters. The Morgan fingerprint density at radius 2 is 1.78 bits per heavy atom. The highest BCUT2D eigenvalue weighted by atomic mass is 28.3. The van der Waals surface area contributed by atoms with Crippen LogP contribution in [0.5, 0.6) is 11.5 Å². The Morgan fingerprint density at radius 1 is 1.00 bits per heavy atom. The smallest absolute Gasteiger partial charge is 0.342 e. The molecule has 0 radical (unpaired) electrons. The summed E-state index contributed by atoms with van der Waals surface area (Å²) in [7, 11) is -1.15. The molecular formula is C42H58N4O4Si. The van der Waals surface area contributed by atoms with Crippen LogP contribution in [0.4, 0.5) is 5.69 Å². The normalized spacial score (nSPS) is 17.4. The molecule has 51 heavy (non-hydrogen) atoms. The zero-order chi connectivity index (χ0) is 36.3. The minimum absolute atomic E-state index is 0.400. The standard InChI is InChI=1S/C42H58N4O4Si/c1-30(2)34-13-11-14-36-35(34)12-9-10-15-38(36)45-22-20-44(21-23-45)32-16-17-37(41(47)50-42(3,4)5)39(27-32)49-33-26-31-18-19-46(40(31)43-28-33)29-48-24-25-51(6,7)8/h11,13-14,16-19,26-28,30,38H,9-10,12,15,20-25,29H2,1-8H3. The van der Waals surface area contributed by atoms with E-state index in [-0.39, 0.29) is 0 Å². The van der Waals surface area contributed by atoms with Gasteiger partial charge in [-0.25, -0.2) is 9.78 Å². The fourth-order valence-corrected chi connectivity index (χ4v) is 8.17. The number of esters is 1. The van der Waals surface area contributed by atoms with E-state index < -0.39 is 19.6 Å². The molecular weight excluding hydrogens is 653 g/mol. The van der Waals surface area contributed by atoms with Crippen LogP contribution in [0.15, 0.2) is 60.9 Å². The maximum Gasteiger partial charge on any atom is 0.342 e. The molecule has 1 aliphatic carbocycles. The molecule has 0 amide bonds. The lowest BCUT2D eigenvalue weighted by Crippen LogP contribution is -2.47. The van der Waals surface area contributed by atoms with Crippen LogP contribution in [0.3, 0.4) is 0 Å². The predicted octanol–water partition coefficient (Wildman–Crippen LogP) is 9.81. The topological polar surface area (TPSA) is 69.1 Å². The van der Waals surface area contributed by atoms with Crippen LogP contribution in [-0.2, 0) is 22.6 Å². The average Bonchev–Trinajstić information content (AvgIpc) is 3.34. The molecule has 2 aromatic heterocycles. The van der Waals surface area contributed by atoms with Crippen LogP contribution in [0.2, 0.25) is 25.7 Å². The van der Waals surface area contributed by atoms with Gasteiger partial charge in [0.25, 0.3) is 0 Å². The van der Waals surface area contributed by atoms with Gasteiger partial charge >= 0.3 is 5.97 Å². The highest BCUT2D eigenvalue weighted by molar-refractivity contribution is 6.76. The number of ether oxygens (including phenoxy) is 3. The first kappa shape index (κ1) is 37.1. The van der Waals surface area contributed by atoms with Gasteiger partial charge in [0.1, 0.15) is 35.0 Å². The van der Waals surface area contributed by atoms with Crippen LogP contribution in [0.1, 0.15) is 92.9 Å². The van der Waals surface area contributed by atoms with E-state index in [1.54, 1.807) is 17.3 Å². The van der Waals surface area contributed by atoms with Crippen LogP contribution in [0.25, 0.3) is 11.0 Å². The van der Waals surface area contributed by atoms with Crippen molar-refractivity contribution in [3.63, 3.8) is 0 Å². The number of carbonyl (C=O) groups is 1. The van der Waals surface area contributed by atoms with Gasteiger partial charge in [-0.2, -0.15) is 0 Å². The van der Waals surface area contributed by atoms with E-state index in [9.17, 15) is 4.79 Å². The Labute approximate surface area is 306 Å². The third kappa shape index (κ3) is 9.23. The second kappa shape index (κ2) is 15.5. The highest BCUT2D eigenvalue weighted by Gasteiger charge is 2.30. The van der Waals surface area contributed by atoms with Crippen molar-refractivity contribution in [2.45, 2.75) is 110 Å². The summed E-state index contributed by atoms with van der Waals surface area (Å²) >= 11 is 0. The van der Waals surface area contributed by atoms with Gasteiger partial charge in [-0.3, -0.25) is 4.90 Å². The molecule has 0 saturated carbocycles. The summed E-state index contributed by atoms with van der Waals surface area (Å²) in [5.41, 5.74) is 6.30. The molecule has 0 N–H and O–H groups in total. The Kier molecular flexibility index (Phi) is 11.3. The largest absolute Gasteiger partial charge is 0.456 e. The fourth-order valence-electron chi connectivity index (χ4n) is 7.41. The van der Waals surface area contributed by atoms with Gasteiger partial charge in [-0.15, -0.1) is 0 Å². The van der Waals surface area contributed by atoms with Gasteiger partial charge in [-0.05, 0) is 93.0 Å². The number of carbonyl (C=O) groups excluding carboxylic acids is 1. The number of rotatable bonds is 11. The van der Waals surface area contributed by atoms with Crippen molar-refractivity contribution < 1.29 is 19.0 Å². The van der Waals surface area contributed by atoms with Crippen molar-refractivity contribution in [2.24, 2.45) is 0 Å². The minimum Gasteiger partial charge on any atom is -0.456 e. The second-order valence-corrected chi connectivity index (χ2v) is 22.5. The molecule has 8 nitrogen and oxygen atoms in total. The molecule has 3 heterocycles. The zero-order valence-corrected chi connectivity index (χ0v) is 33.1. The van der Waals surface area contributed by atoms with E-state index >= 15 is 0 Å². The highest BCUT2D eigenvalue weighted by Crippen LogP contribution is 2.38. The lowest BCUT2D eigenvalue weighted by Gasteiger charge is -2.41. The summed E-state index contributed by atoms with van der Waals surface area (Å²) in [6.45, 7) is 22.3. The molecule has 4 aromatic rings. The number of piperazine rings is 1. The average molecular weight is 711 g/mol. The van der Waals surface area contributed by atoms with Crippen molar-refractivity contribution in [1.82, 2.24) is 14.5 Å². The van der Waals surface area contributed by atoms with E-state index in [4.69, 9.17) is 19.2 Å². The number of anilines is 1. The molecule has 2 aliphatic rings. The maximum absolute atomic E-state index is 13.4. The van der Waals surface area contributed by atoms with E-state index in [2.05, 4.69) is 61.5 Å². The van der Waals surface area contributed by atoms with Gasteiger partial charge in [0.05, 0.1) is 6.20 Å². The van der Waals surface area contributed by atoms with E-state index in [0.29, 0.717) is 35.8 Å². The number of hydrogen-bond donors (Lipinski definition) is 0. The molecule has 1 atom stereocenters. The van der Waals surface area contributed by atoms with Crippen LogP contribution in [-0.4, -0.2) is 66.9 Å². The quantitative estimate of drug-likeness (QED) is 0.0665. The lowest BCUT2D eigenvalue weighted by molar-refractivity contribution is 0.00671. The van der Waals surface area contributed by atoms with Gasteiger partial charge in [-0.1, -0.05) is 58.1 Å². The number of aromatic nitrogens is 2. The summed E-state index contributed by atoms with van der Waals surface area (Å²) in [5, 5.41) is 0.952. The number of benzene rings is 2. The van der Waals surface area contributed by atoms with Crippen LogP contribution in [0, 0.1) is 0 Å². The Bertz CT molecular complexity index is 1810. The number of pyridine rings is 1. The molecule has 9 heteroatoms. The predicted molar refractivity (Wildman–Crippen MR) is 210 cm³/mol. The van der Waals surface area contributed by atoms with Crippen molar-refractivity contribution in [3.05, 3.63) is 83.2 Å². The number of hydrogen-bond acceptors (Lipinski definition) is 7.